The molecule has 0 bridgehead atoms. The molecule has 0 saturated carbocycles. The minimum Gasteiger partial charge on any atom is -0.493 e. The van der Waals surface area contributed by atoms with Gasteiger partial charge in [-0.3, -0.25) is 0 Å². The Labute approximate surface area is 110 Å². The van der Waals surface area contributed by atoms with E-state index in [1.165, 1.54) is 20.0 Å². The van der Waals surface area contributed by atoms with Crippen LogP contribution in [0.25, 0.3) is 0 Å². The summed E-state index contributed by atoms with van der Waals surface area (Å²) in [5, 5.41) is 3.37. The highest BCUT2D eigenvalue weighted by molar-refractivity contribution is 9.10. The molecule has 0 aliphatic carbocycles. The lowest BCUT2D eigenvalue weighted by atomic mass is 9.92. The van der Waals surface area contributed by atoms with Crippen molar-refractivity contribution in [3.05, 3.63) is 28.0 Å². The molecule has 1 aliphatic heterocycles. The summed E-state index contributed by atoms with van der Waals surface area (Å²) in [6, 6.07) is 3.70. The van der Waals surface area contributed by atoms with Gasteiger partial charge in [-0.1, -0.05) is 6.07 Å². The molecule has 0 radical (unpaired) electrons. The van der Waals surface area contributed by atoms with Gasteiger partial charge in [-0.05, 0) is 65.8 Å². The van der Waals surface area contributed by atoms with Crippen molar-refractivity contribution in [3.63, 3.8) is 0 Å². The smallest absolute Gasteiger partial charge is 0.179 e. The van der Waals surface area contributed by atoms with Crippen molar-refractivity contribution in [2.24, 2.45) is 5.92 Å². The Morgan fingerprint density at radius 1 is 1.53 bits per heavy atom. The van der Waals surface area contributed by atoms with Crippen molar-refractivity contribution < 1.29 is 9.13 Å². The zero-order valence-corrected chi connectivity index (χ0v) is 11.5. The molecule has 4 heteroatoms. The predicted molar refractivity (Wildman–Crippen MR) is 69.9 cm³/mol. The second kappa shape index (κ2) is 5.83. The van der Waals surface area contributed by atoms with Crippen LogP contribution in [0.2, 0.25) is 0 Å². The van der Waals surface area contributed by atoms with Gasteiger partial charge in [0, 0.05) is 0 Å². The van der Waals surface area contributed by atoms with Crippen LogP contribution in [0.5, 0.6) is 5.75 Å². The first kappa shape index (κ1) is 12.8. The van der Waals surface area contributed by atoms with Gasteiger partial charge >= 0.3 is 0 Å². The lowest BCUT2D eigenvalue weighted by Crippen LogP contribution is -2.30. The van der Waals surface area contributed by atoms with Gasteiger partial charge < -0.3 is 10.1 Å². The third kappa shape index (κ3) is 2.99. The van der Waals surface area contributed by atoms with E-state index in [2.05, 4.69) is 21.2 Å². The normalized spacial score (nSPS) is 20.3. The highest BCUT2D eigenvalue weighted by atomic mass is 79.9. The van der Waals surface area contributed by atoms with E-state index in [0.29, 0.717) is 16.1 Å². The van der Waals surface area contributed by atoms with E-state index in [1.807, 2.05) is 6.07 Å². The number of halogens is 2. The number of hydrogen-bond donors (Lipinski definition) is 1. The van der Waals surface area contributed by atoms with Crippen molar-refractivity contribution >= 4 is 15.9 Å². The van der Waals surface area contributed by atoms with E-state index in [-0.39, 0.29) is 5.82 Å². The number of rotatable bonds is 3. The third-order valence-corrected chi connectivity index (χ3v) is 3.86. The molecule has 94 valence electrons. The van der Waals surface area contributed by atoms with E-state index in [0.717, 1.165) is 25.1 Å². The largest absolute Gasteiger partial charge is 0.493 e. The van der Waals surface area contributed by atoms with Gasteiger partial charge in [-0.15, -0.1) is 0 Å². The maximum atomic E-state index is 13.8. The summed E-state index contributed by atoms with van der Waals surface area (Å²) < 4.78 is 19.5. The third-order valence-electron chi connectivity index (χ3n) is 3.24. The first-order valence-corrected chi connectivity index (χ1v) is 6.73. The average Bonchev–Trinajstić information content (AvgIpc) is 2.36. The maximum Gasteiger partial charge on any atom is 0.179 e. The van der Waals surface area contributed by atoms with Crippen LogP contribution in [0, 0.1) is 11.7 Å². The molecule has 17 heavy (non-hydrogen) atoms. The zero-order valence-electron chi connectivity index (χ0n) is 9.93. The fourth-order valence-corrected chi connectivity index (χ4v) is 2.67. The molecule has 1 aromatic rings. The molecular formula is C13H17BrFNO. The molecule has 1 aliphatic rings. The summed E-state index contributed by atoms with van der Waals surface area (Å²) in [5.41, 5.74) is 0.960. The molecule has 1 aromatic carbocycles. The van der Waals surface area contributed by atoms with Crippen molar-refractivity contribution in [2.45, 2.75) is 19.3 Å². The molecule has 0 aromatic heterocycles. The summed E-state index contributed by atoms with van der Waals surface area (Å²) in [6.45, 7) is 2.11. The Kier molecular flexibility index (Phi) is 4.40. The van der Waals surface area contributed by atoms with Gasteiger partial charge in [-0.25, -0.2) is 4.39 Å². The quantitative estimate of drug-likeness (QED) is 0.926. The zero-order chi connectivity index (χ0) is 12.3. The monoisotopic (exact) mass is 301 g/mol. The van der Waals surface area contributed by atoms with E-state index >= 15 is 0 Å². The maximum absolute atomic E-state index is 13.8. The first-order valence-electron chi connectivity index (χ1n) is 5.94. The lowest BCUT2D eigenvalue weighted by Gasteiger charge is -2.23. The second-order valence-electron chi connectivity index (χ2n) is 4.47. The fourth-order valence-electron chi connectivity index (χ4n) is 2.36. The Morgan fingerprint density at radius 2 is 2.35 bits per heavy atom. The Bertz CT molecular complexity index is 391. The lowest BCUT2D eigenvalue weighted by molar-refractivity contribution is 0.354. The van der Waals surface area contributed by atoms with Crippen LogP contribution in [0.4, 0.5) is 4.39 Å². The van der Waals surface area contributed by atoms with Gasteiger partial charge in [0.2, 0.25) is 0 Å². The van der Waals surface area contributed by atoms with Gasteiger partial charge in [0.05, 0.1) is 11.6 Å². The topological polar surface area (TPSA) is 21.3 Å². The molecule has 1 saturated heterocycles. The van der Waals surface area contributed by atoms with Crippen molar-refractivity contribution in [2.75, 3.05) is 20.2 Å². The fraction of sp³-hybridized carbons (Fsp3) is 0.538. The van der Waals surface area contributed by atoms with Crippen LogP contribution in [-0.4, -0.2) is 20.2 Å². The second-order valence-corrected chi connectivity index (χ2v) is 5.32. The molecule has 1 fully saturated rings. The van der Waals surface area contributed by atoms with E-state index in [9.17, 15) is 4.39 Å². The molecule has 2 rings (SSSR count). The minimum atomic E-state index is -0.297. The predicted octanol–water partition coefficient (Wildman–Crippen LogP) is 3.14. The number of methoxy groups -OCH3 is 1. The number of ether oxygens (including phenoxy) is 1. The van der Waals surface area contributed by atoms with Crippen molar-refractivity contribution in [1.82, 2.24) is 5.32 Å². The molecule has 2 nitrogen and oxygen atoms in total. The van der Waals surface area contributed by atoms with E-state index in [1.54, 1.807) is 6.07 Å². The first-order chi connectivity index (χ1) is 8.22. The molecular weight excluding hydrogens is 285 g/mol. The highest BCUT2D eigenvalue weighted by Crippen LogP contribution is 2.31. The minimum absolute atomic E-state index is 0.297. The summed E-state index contributed by atoms with van der Waals surface area (Å²) >= 11 is 3.18. The van der Waals surface area contributed by atoms with Crippen LogP contribution < -0.4 is 10.1 Å². The van der Waals surface area contributed by atoms with Crippen LogP contribution in [0.1, 0.15) is 18.4 Å². The van der Waals surface area contributed by atoms with Crippen LogP contribution in [-0.2, 0) is 6.42 Å². The summed E-state index contributed by atoms with van der Waals surface area (Å²) in [4.78, 5) is 0. The summed E-state index contributed by atoms with van der Waals surface area (Å²) in [5.74, 6) is 0.664. The van der Waals surface area contributed by atoms with Crippen LogP contribution in [0.15, 0.2) is 16.6 Å². The molecule has 1 heterocycles. The van der Waals surface area contributed by atoms with Gasteiger partial charge in [-0.2, -0.15) is 0 Å². The Morgan fingerprint density at radius 3 is 3.00 bits per heavy atom. The van der Waals surface area contributed by atoms with E-state index < -0.39 is 0 Å². The van der Waals surface area contributed by atoms with Gasteiger partial charge in [0.15, 0.2) is 11.6 Å². The number of nitrogens with one attached hydrogen (secondary N) is 1. The van der Waals surface area contributed by atoms with Crippen molar-refractivity contribution in [3.8, 4) is 5.75 Å². The number of hydrogen-bond acceptors (Lipinski definition) is 2. The van der Waals surface area contributed by atoms with Crippen LogP contribution >= 0.6 is 15.9 Å². The molecule has 1 N–H and O–H groups in total. The van der Waals surface area contributed by atoms with Gasteiger partial charge in [0.1, 0.15) is 0 Å². The summed E-state index contributed by atoms with van der Waals surface area (Å²) in [6.07, 6.45) is 3.28. The standard InChI is InChI=1S/C13H17BrFNO/c1-17-13-10(4-5-11(14)12(13)15)7-9-3-2-6-16-8-9/h4-5,9,16H,2-3,6-8H2,1H3. The van der Waals surface area contributed by atoms with Gasteiger partial charge in [0.25, 0.3) is 0 Å². The van der Waals surface area contributed by atoms with Crippen LogP contribution in [0.3, 0.4) is 0 Å². The molecule has 0 spiro atoms. The number of piperidine rings is 1. The van der Waals surface area contributed by atoms with Crippen molar-refractivity contribution in [1.29, 1.82) is 0 Å². The molecule has 1 atom stereocenters. The Hall–Kier alpha value is -0.610. The Balaban J connectivity index is 2.17. The summed E-state index contributed by atoms with van der Waals surface area (Å²) in [7, 11) is 1.52. The average molecular weight is 302 g/mol. The van der Waals surface area contributed by atoms with E-state index in [4.69, 9.17) is 4.74 Å². The highest BCUT2D eigenvalue weighted by Gasteiger charge is 2.18. The molecule has 1 unspecified atom stereocenters. The SMILES string of the molecule is COc1c(CC2CCCNC2)ccc(Br)c1F. The number of benzene rings is 1. The molecule has 0 amide bonds.